The van der Waals surface area contributed by atoms with E-state index in [0.717, 1.165) is 24.8 Å². The highest BCUT2D eigenvalue weighted by atomic mass is 16.5. The molecule has 1 aromatic carbocycles. The van der Waals surface area contributed by atoms with E-state index in [0.29, 0.717) is 0 Å². The van der Waals surface area contributed by atoms with Crippen molar-refractivity contribution in [3.8, 4) is 0 Å². The van der Waals surface area contributed by atoms with Gasteiger partial charge in [0.25, 0.3) is 0 Å². The van der Waals surface area contributed by atoms with Crippen molar-refractivity contribution in [1.82, 2.24) is 0 Å². The van der Waals surface area contributed by atoms with Gasteiger partial charge in [-0.1, -0.05) is 44.5 Å². The minimum atomic E-state index is -0.576. The van der Waals surface area contributed by atoms with Gasteiger partial charge < -0.3 is 9.84 Å². The zero-order valence-electron chi connectivity index (χ0n) is 11.4. The van der Waals surface area contributed by atoms with Crippen molar-refractivity contribution in [3.63, 3.8) is 0 Å². The fraction of sp³-hybridized carbons (Fsp3) is 0.600. The third-order valence-electron chi connectivity index (χ3n) is 3.58. The Bertz CT molecular complexity index is 325. The molecule has 0 aromatic heterocycles. The average molecular weight is 236 g/mol. The zero-order chi connectivity index (χ0) is 12.9. The predicted octanol–water partition coefficient (Wildman–Crippen LogP) is 3.49. The van der Waals surface area contributed by atoms with Crippen LogP contribution >= 0.6 is 0 Å². The minimum Gasteiger partial charge on any atom is -0.385 e. The molecule has 0 saturated heterocycles. The van der Waals surface area contributed by atoms with Crippen molar-refractivity contribution in [1.29, 1.82) is 0 Å². The molecule has 0 aliphatic heterocycles. The lowest BCUT2D eigenvalue weighted by molar-refractivity contribution is -0.0944. The highest BCUT2D eigenvalue weighted by Crippen LogP contribution is 2.31. The molecular formula is C15H24O2. The summed E-state index contributed by atoms with van der Waals surface area (Å²) in [5.41, 5.74) is 1.74. The number of methoxy groups -OCH3 is 1. The van der Waals surface area contributed by atoms with E-state index in [2.05, 4.69) is 19.1 Å². The summed E-state index contributed by atoms with van der Waals surface area (Å²) >= 11 is 0. The van der Waals surface area contributed by atoms with Crippen molar-refractivity contribution in [2.45, 2.75) is 51.7 Å². The van der Waals surface area contributed by atoms with Gasteiger partial charge in [-0.3, -0.25) is 0 Å². The molecular weight excluding hydrogens is 212 g/mol. The van der Waals surface area contributed by atoms with E-state index < -0.39 is 11.7 Å². The number of hydrogen-bond acceptors (Lipinski definition) is 2. The fourth-order valence-electron chi connectivity index (χ4n) is 1.96. The molecule has 0 aliphatic rings. The Morgan fingerprint density at radius 1 is 1.24 bits per heavy atom. The van der Waals surface area contributed by atoms with Crippen LogP contribution in [0.1, 0.15) is 50.8 Å². The van der Waals surface area contributed by atoms with Crippen molar-refractivity contribution < 1.29 is 9.84 Å². The van der Waals surface area contributed by atoms with Gasteiger partial charge >= 0.3 is 0 Å². The Balaban J connectivity index is 2.85. The van der Waals surface area contributed by atoms with E-state index in [1.165, 1.54) is 5.56 Å². The highest BCUT2D eigenvalue weighted by Gasteiger charge is 2.32. The quantitative estimate of drug-likeness (QED) is 0.819. The lowest BCUT2D eigenvalue weighted by atomic mass is 9.89. The first-order valence-corrected chi connectivity index (χ1v) is 6.39. The van der Waals surface area contributed by atoms with Crippen LogP contribution in [0, 0.1) is 0 Å². The fourth-order valence-corrected chi connectivity index (χ4v) is 1.96. The normalized spacial score (nSPS) is 16.5. The van der Waals surface area contributed by atoms with E-state index >= 15 is 0 Å². The number of ether oxygens (including phenoxy) is 1. The smallest absolute Gasteiger partial charge is 0.108 e. The molecule has 0 fully saturated rings. The first-order valence-electron chi connectivity index (χ1n) is 6.39. The van der Waals surface area contributed by atoms with Crippen LogP contribution in [0.5, 0.6) is 0 Å². The third kappa shape index (κ3) is 3.30. The third-order valence-corrected chi connectivity index (χ3v) is 3.58. The molecule has 0 heterocycles. The Labute approximate surface area is 105 Å². The number of aliphatic hydroxyl groups excluding tert-OH is 1. The van der Waals surface area contributed by atoms with Crippen molar-refractivity contribution in [2.24, 2.45) is 0 Å². The number of aliphatic hydroxyl groups is 1. The van der Waals surface area contributed by atoms with Crippen molar-refractivity contribution in [2.75, 3.05) is 7.11 Å². The number of aryl methyl sites for hydroxylation is 1. The Morgan fingerprint density at radius 2 is 1.82 bits per heavy atom. The SMILES string of the molecule is CCCc1ccc(C(O)C(C)(CC)OC)cc1. The molecule has 1 N–H and O–H groups in total. The van der Waals surface area contributed by atoms with Crippen LogP contribution in [0.2, 0.25) is 0 Å². The van der Waals surface area contributed by atoms with Crippen molar-refractivity contribution in [3.05, 3.63) is 35.4 Å². The van der Waals surface area contributed by atoms with E-state index in [1.807, 2.05) is 26.0 Å². The van der Waals surface area contributed by atoms with Gasteiger partial charge in [0.15, 0.2) is 0 Å². The molecule has 0 radical (unpaired) electrons. The van der Waals surface area contributed by atoms with E-state index in [9.17, 15) is 5.11 Å². The van der Waals surface area contributed by atoms with Crippen LogP contribution in [-0.2, 0) is 11.2 Å². The molecule has 2 nitrogen and oxygen atoms in total. The van der Waals surface area contributed by atoms with Gasteiger partial charge in [-0.05, 0) is 30.9 Å². The number of rotatable bonds is 6. The first-order chi connectivity index (χ1) is 8.07. The molecule has 0 aliphatic carbocycles. The summed E-state index contributed by atoms with van der Waals surface area (Å²) < 4.78 is 5.43. The molecule has 2 atom stereocenters. The van der Waals surface area contributed by atoms with Crippen LogP contribution in [0.4, 0.5) is 0 Å². The molecule has 2 heteroatoms. The summed E-state index contributed by atoms with van der Waals surface area (Å²) in [5.74, 6) is 0. The van der Waals surface area contributed by atoms with E-state index in [4.69, 9.17) is 4.74 Å². The second-order valence-electron chi connectivity index (χ2n) is 4.76. The van der Waals surface area contributed by atoms with Gasteiger partial charge in [0.1, 0.15) is 6.10 Å². The van der Waals surface area contributed by atoms with Gasteiger partial charge in [0.2, 0.25) is 0 Å². The van der Waals surface area contributed by atoms with Gasteiger partial charge in [-0.2, -0.15) is 0 Å². The average Bonchev–Trinajstić information content (AvgIpc) is 2.38. The van der Waals surface area contributed by atoms with Crippen LogP contribution in [0.3, 0.4) is 0 Å². The van der Waals surface area contributed by atoms with Gasteiger partial charge in [0, 0.05) is 7.11 Å². The van der Waals surface area contributed by atoms with E-state index in [1.54, 1.807) is 7.11 Å². The zero-order valence-corrected chi connectivity index (χ0v) is 11.4. The summed E-state index contributed by atoms with van der Waals surface area (Å²) in [4.78, 5) is 0. The maximum atomic E-state index is 10.3. The molecule has 2 unspecified atom stereocenters. The largest absolute Gasteiger partial charge is 0.385 e. The van der Waals surface area contributed by atoms with Crippen LogP contribution in [0.25, 0.3) is 0 Å². The summed E-state index contributed by atoms with van der Waals surface area (Å²) in [6.07, 6.45) is 2.44. The maximum Gasteiger partial charge on any atom is 0.108 e. The molecule has 17 heavy (non-hydrogen) atoms. The van der Waals surface area contributed by atoms with Gasteiger partial charge in [0.05, 0.1) is 5.60 Å². The van der Waals surface area contributed by atoms with E-state index in [-0.39, 0.29) is 0 Å². The summed E-state index contributed by atoms with van der Waals surface area (Å²) in [5, 5.41) is 10.3. The van der Waals surface area contributed by atoms with Gasteiger partial charge in [-0.25, -0.2) is 0 Å². The summed E-state index contributed by atoms with van der Waals surface area (Å²) in [7, 11) is 1.65. The molecule has 1 aromatic rings. The van der Waals surface area contributed by atoms with Crippen molar-refractivity contribution >= 4 is 0 Å². The monoisotopic (exact) mass is 236 g/mol. The highest BCUT2D eigenvalue weighted by molar-refractivity contribution is 5.25. The minimum absolute atomic E-state index is 0.508. The molecule has 0 spiro atoms. The topological polar surface area (TPSA) is 29.5 Å². The summed E-state index contributed by atoms with van der Waals surface area (Å²) in [6.45, 7) is 6.14. The summed E-state index contributed by atoms with van der Waals surface area (Å²) in [6, 6.07) is 8.19. The number of benzene rings is 1. The van der Waals surface area contributed by atoms with Gasteiger partial charge in [-0.15, -0.1) is 0 Å². The van der Waals surface area contributed by atoms with Crippen LogP contribution < -0.4 is 0 Å². The molecule has 0 saturated carbocycles. The lowest BCUT2D eigenvalue weighted by Gasteiger charge is -2.32. The Kier molecular flexibility index (Phi) is 5.16. The Morgan fingerprint density at radius 3 is 2.24 bits per heavy atom. The first kappa shape index (κ1) is 14.2. The molecule has 1 rings (SSSR count). The van der Waals surface area contributed by atoms with Crippen LogP contribution in [-0.4, -0.2) is 17.8 Å². The van der Waals surface area contributed by atoms with Crippen LogP contribution in [0.15, 0.2) is 24.3 Å². The predicted molar refractivity (Wildman–Crippen MR) is 71.1 cm³/mol. The second-order valence-corrected chi connectivity index (χ2v) is 4.76. The maximum absolute atomic E-state index is 10.3. The number of hydrogen-bond donors (Lipinski definition) is 1. The standard InChI is InChI=1S/C15H24O2/c1-5-7-12-8-10-13(11-9-12)14(16)15(3,6-2)17-4/h8-11,14,16H,5-7H2,1-4H3. The second kappa shape index (κ2) is 6.18. The lowest BCUT2D eigenvalue weighted by Crippen LogP contribution is -2.34. The molecule has 96 valence electrons. The molecule has 0 amide bonds. The molecule has 0 bridgehead atoms. The Hall–Kier alpha value is -0.860.